The van der Waals surface area contributed by atoms with E-state index < -0.39 is 48.3 Å². The molecular weight excluding hydrogens is 791 g/mol. The molecule has 0 spiro atoms. The van der Waals surface area contributed by atoms with Gasteiger partial charge in [-0.25, -0.2) is 0 Å². The smallest absolute Gasteiger partial charge is 0.245 e. The zero-order valence-corrected chi connectivity index (χ0v) is 40.7. The van der Waals surface area contributed by atoms with Crippen molar-refractivity contribution in [2.75, 3.05) is 61.8 Å². The van der Waals surface area contributed by atoms with Crippen LogP contribution in [0.2, 0.25) is 0 Å². The number of methoxy groups -OCH3 is 2. The van der Waals surface area contributed by atoms with Gasteiger partial charge in [-0.15, -0.1) is 0 Å². The fraction of sp³-hybridized carbons (Fsp3) is 0.766. The second-order valence-electron chi connectivity index (χ2n) is 19.0. The molecule has 1 aromatic carbocycles. The predicted octanol–water partition coefficient (Wildman–Crippen LogP) is 3.84. The Balaban J connectivity index is 2.26. The van der Waals surface area contributed by atoms with Crippen LogP contribution in [0.4, 0.5) is 0 Å². The minimum Gasteiger partial charge on any atom is -0.379 e. The molecule has 15 nitrogen and oxygen atoms in total. The van der Waals surface area contributed by atoms with Crippen LogP contribution in [-0.4, -0.2) is 154 Å². The lowest BCUT2D eigenvalue weighted by molar-refractivity contribution is -0.148. The van der Waals surface area contributed by atoms with Crippen molar-refractivity contribution >= 4 is 29.5 Å². The summed E-state index contributed by atoms with van der Waals surface area (Å²) in [5.74, 6) is -2.21. The Hall–Kier alpha value is -3.63. The zero-order valence-electron chi connectivity index (χ0n) is 40.7. The maximum Gasteiger partial charge on any atom is 0.245 e. The maximum atomic E-state index is 14.4. The van der Waals surface area contributed by atoms with Crippen LogP contribution >= 0.6 is 0 Å². The van der Waals surface area contributed by atoms with E-state index in [0.29, 0.717) is 26.3 Å². The predicted molar refractivity (Wildman–Crippen MR) is 244 cm³/mol. The van der Waals surface area contributed by atoms with E-state index in [1.165, 1.54) is 0 Å². The van der Waals surface area contributed by atoms with Gasteiger partial charge in [0.25, 0.3) is 0 Å². The number of carbonyl (C=O) groups excluding carboxylic acids is 5. The number of likely N-dealkylation sites (N-methyl/N-ethyl adjacent to an activating group) is 2. The average Bonchev–Trinajstić information content (AvgIpc) is 3.69. The molecule has 4 N–H and O–H groups in total. The van der Waals surface area contributed by atoms with Gasteiger partial charge < -0.3 is 40.0 Å². The molecule has 0 aliphatic carbocycles. The summed E-state index contributed by atoms with van der Waals surface area (Å²) >= 11 is 0. The third kappa shape index (κ3) is 16.5. The van der Waals surface area contributed by atoms with E-state index in [0.717, 1.165) is 18.4 Å². The normalized spacial score (nSPS) is 18.4. The van der Waals surface area contributed by atoms with Gasteiger partial charge in [-0.3, -0.25) is 34.2 Å². The number of carbonyl (C=O) groups is 5. The van der Waals surface area contributed by atoms with E-state index in [1.807, 2.05) is 112 Å². The first-order valence-corrected chi connectivity index (χ1v) is 22.6. The largest absolute Gasteiger partial charge is 0.379 e. The molecule has 1 heterocycles. The number of hydrogen-bond acceptors (Lipinski definition) is 10. The number of amides is 5. The highest BCUT2D eigenvalue weighted by Gasteiger charge is 2.43. The van der Waals surface area contributed by atoms with Gasteiger partial charge in [0, 0.05) is 46.3 Å². The minimum atomic E-state index is -0.855. The van der Waals surface area contributed by atoms with Crippen LogP contribution in [-0.2, 0) is 44.6 Å². The highest BCUT2D eigenvalue weighted by Crippen LogP contribution is 2.30. The molecule has 0 bridgehead atoms. The van der Waals surface area contributed by atoms with Crippen molar-refractivity contribution in [2.24, 2.45) is 23.7 Å². The Morgan fingerprint density at radius 3 is 2.05 bits per heavy atom. The summed E-state index contributed by atoms with van der Waals surface area (Å²) < 4.78 is 17.7. The average molecular weight is 874 g/mol. The van der Waals surface area contributed by atoms with Crippen LogP contribution in [0, 0.1) is 23.7 Å². The minimum absolute atomic E-state index is 0.000693. The van der Waals surface area contributed by atoms with Crippen LogP contribution in [0.5, 0.6) is 0 Å². The molecule has 0 aromatic heterocycles. The summed E-state index contributed by atoms with van der Waals surface area (Å²) in [6, 6.07) is 6.60. The zero-order chi connectivity index (χ0) is 46.9. The van der Waals surface area contributed by atoms with Crippen LogP contribution in [0.3, 0.4) is 0 Å². The van der Waals surface area contributed by atoms with Crippen LogP contribution in [0.1, 0.15) is 100 Å². The summed E-state index contributed by atoms with van der Waals surface area (Å²) in [5.41, 5.74) is 0.796. The van der Waals surface area contributed by atoms with Crippen molar-refractivity contribution in [1.29, 1.82) is 0 Å². The van der Waals surface area contributed by atoms with E-state index in [-0.39, 0.29) is 72.2 Å². The fourth-order valence-electron chi connectivity index (χ4n) is 8.48. The third-order valence-electron chi connectivity index (χ3n) is 12.1. The Labute approximate surface area is 373 Å². The van der Waals surface area contributed by atoms with Gasteiger partial charge in [0.2, 0.25) is 29.5 Å². The molecule has 0 saturated carbocycles. The molecule has 354 valence electrons. The lowest BCUT2D eigenvalue weighted by Gasteiger charge is -2.41. The molecule has 15 heteroatoms. The SMILES string of the molecule is CC[C@H](C)C(C(CC(=O)N1CCC[C@H]1[C@H](OC)[C@@H](C)C(=O)N[C@@H](Cc1ccccc1)C(=O)NCCOCNC(C)(C)C)OC)N(C)C(=O)[C@@H](NC(=O)[C@H](C(C)C)N(C)C)C(C)C. The molecule has 5 amide bonds. The highest BCUT2D eigenvalue weighted by atomic mass is 16.5. The van der Waals surface area contributed by atoms with E-state index in [4.69, 9.17) is 14.2 Å². The molecule has 9 atom stereocenters. The number of nitrogens with one attached hydrogen (secondary N) is 4. The standard InChI is InChI=1S/C47H83N7O8/c1-16-32(6)41(53(13)46(59)39(30(2)3)51-45(58)40(31(4)5)52(11)12)37(60-14)28-38(55)54-25-20-23-36(54)42(61-15)33(7)43(56)50-35(27-34-21-18-17-19-22-34)44(57)48-24-26-62-29-49-47(8,9)10/h17-19,21-22,30-33,35-37,39-42,49H,16,20,23-29H2,1-15H3,(H,48,57)(H,50,56)(H,51,58)/t32-,33+,35-,36-,37?,39-,40-,41?,42+/m0/s1. The Morgan fingerprint density at radius 1 is 0.871 bits per heavy atom. The quantitative estimate of drug-likeness (QED) is 0.0793. The van der Waals surface area contributed by atoms with Crippen molar-refractivity contribution in [3.63, 3.8) is 0 Å². The van der Waals surface area contributed by atoms with E-state index in [9.17, 15) is 24.0 Å². The van der Waals surface area contributed by atoms with Gasteiger partial charge in [-0.05, 0) is 71.0 Å². The first-order valence-electron chi connectivity index (χ1n) is 22.6. The van der Waals surface area contributed by atoms with Crippen LogP contribution in [0.25, 0.3) is 0 Å². The molecular formula is C47H83N7O8. The van der Waals surface area contributed by atoms with Crippen LogP contribution < -0.4 is 21.3 Å². The van der Waals surface area contributed by atoms with E-state index in [1.54, 1.807) is 38.0 Å². The summed E-state index contributed by atoms with van der Waals surface area (Å²) in [4.78, 5) is 75.1. The van der Waals surface area contributed by atoms with Gasteiger partial charge in [0.05, 0.1) is 56.0 Å². The topological polar surface area (TPSA) is 171 Å². The Bertz CT molecular complexity index is 1530. The van der Waals surface area contributed by atoms with E-state index >= 15 is 0 Å². The van der Waals surface area contributed by atoms with Crippen molar-refractivity contribution < 1.29 is 38.2 Å². The first-order chi connectivity index (χ1) is 29.1. The Morgan fingerprint density at radius 2 is 1.52 bits per heavy atom. The molecule has 1 aliphatic rings. The summed E-state index contributed by atoms with van der Waals surface area (Å²) in [6.45, 7) is 21.2. The molecule has 0 radical (unpaired) electrons. The lowest BCUT2D eigenvalue weighted by atomic mass is 9.89. The molecule has 1 aliphatic heterocycles. The second kappa shape index (κ2) is 26.2. The van der Waals surface area contributed by atoms with Crippen LogP contribution in [0.15, 0.2) is 30.3 Å². The number of ether oxygens (including phenoxy) is 3. The van der Waals surface area contributed by atoms with Crippen molar-refractivity contribution in [3.05, 3.63) is 35.9 Å². The van der Waals surface area contributed by atoms with Gasteiger partial charge in [0.1, 0.15) is 12.1 Å². The number of rotatable bonds is 26. The molecule has 2 unspecified atom stereocenters. The highest BCUT2D eigenvalue weighted by molar-refractivity contribution is 5.90. The fourth-order valence-corrected chi connectivity index (χ4v) is 8.48. The molecule has 1 aromatic rings. The molecule has 2 rings (SSSR count). The summed E-state index contributed by atoms with van der Waals surface area (Å²) in [7, 11) is 8.54. The summed E-state index contributed by atoms with van der Waals surface area (Å²) in [5, 5.41) is 12.2. The van der Waals surface area contributed by atoms with Gasteiger partial charge in [-0.1, -0.05) is 85.2 Å². The van der Waals surface area contributed by atoms with Crippen molar-refractivity contribution in [2.45, 2.75) is 149 Å². The number of nitrogens with zero attached hydrogens (tertiary/aromatic N) is 3. The maximum absolute atomic E-state index is 14.4. The first kappa shape index (κ1) is 54.5. The monoisotopic (exact) mass is 874 g/mol. The van der Waals surface area contributed by atoms with Gasteiger partial charge >= 0.3 is 0 Å². The number of likely N-dealkylation sites (tertiary alicyclic amines) is 1. The summed E-state index contributed by atoms with van der Waals surface area (Å²) in [6.07, 6.45) is 1.05. The Kier molecular flexibility index (Phi) is 23.1. The number of hydrogen-bond donors (Lipinski definition) is 4. The van der Waals surface area contributed by atoms with Crippen molar-refractivity contribution in [3.8, 4) is 0 Å². The second-order valence-corrected chi connectivity index (χ2v) is 19.0. The molecule has 62 heavy (non-hydrogen) atoms. The van der Waals surface area contributed by atoms with Crippen molar-refractivity contribution in [1.82, 2.24) is 36.0 Å². The van der Waals surface area contributed by atoms with E-state index in [2.05, 4.69) is 21.3 Å². The third-order valence-corrected chi connectivity index (χ3v) is 12.1. The molecule has 1 saturated heterocycles. The molecule has 1 fully saturated rings. The van der Waals surface area contributed by atoms with Gasteiger partial charge in [0.15, 0.2) is 0 Å². The number of benzene rings is 1. The lowest BCUT2D eigenvalue weighted by Crippen LogP contribution is -2.59. The van der Waals surface area contributed by atoms with Gasteiger partial charge in [-0.2, -0.15) is 0 Å².